The Bertz CT molecular complexity index is 847. The van der Waals surface area contributed by atoms with Gasteiger partial charge in [0.2, 0.25) is 0 Å². The summed E-state index contributed by atoms with van der Waals surface area (Å²) in [7, 11) is 0. The van der Waals surface area contributed by atoms with Crippen LogP contribution >= 0.6 is 24.0 Å². The van der Waals surface area contributed by atoms with Gasteiger partial charge in [0.15, 0.2) is 0 Å². The summed E-state index contributed by atoms with van der Waals surface area (Å²) in [5.74, 6) is -1.71. The third-order valence-corrected chi connectivity index (χ3v) is 5.31. The van der Waals surface area contributed by atoms with Crippen LogP contribution in [-0.2, 0) is 14.4 Å². The lowest BCUT2D eigenvalue weighted by Gasteiger charge is -2.14. The second kappa shape index (κ2) is 6.81. The highest BCUT2D eigenvalue weighted by Crippen LogP contribution is 2.44. The summed E-state index contributed by atoms with van der Waals surface area (Å²) in [6, 6.07) is 7.22. The molecule has 25 heavy (non-hydrogen) atoms. The van der Waals surface area contributed by atoms with E-state index in [-0.39, 0.29) is 28.1 Å². The Hall–Kier alpha value is -2.45. The number of thiocarbonyl (C=S) groups is 1. The van der Waals surface area contributed by atoms with Gasteiger partial charge in [-0.05, 0) is 6.07 Å². The van der Waals surface area contributed by atoms with E-state index in [9.17, 15) is 14.4 Å². The van der Waals surface area contributed by atoms with E-state index in [1.54, 1.807) is 23.1 Å². The first-order valence-corrected chi connectivity index (χ1v) is 8.70. The third kappa shape index (κ3) is 2.98. The van der Waals surface area contributed by atoms with Crippen molar-refractivity contribution in [3.63, 3.8) is 0 Å². The Morgan fingerprint density at radius 2 is 1.96 bits per heavy atom. The number of carbonyl (C=O) groups is 3. The van der Waals surface area contributed by atoms with E-state index in [0.29, 0.717) is 17.7 Å². The standard InChI is InChI=1S/C17H14N2O4S2/c1-2-8-18-11-6-4-3-5-10(11)13(15(18)22)14-16(23)19(17(24)25-14)9-7-12(20)21/h2-6H,1,7-9H2,(H,20,21). The van der Waals surface area contributed by atoms with Gasteiger partial charge in [0.05, 0.1) is 22.6 Å². The Morgan fingerprint density at radius 3 is 2.64 bits per heavy atom. The number of amides is 2. The highest BCUT2D eigenvalue weighted by Gasteiger charge is 2.41. The molecular weight excluding hydrogens is 360 g/mol. The molecule has 0 aromatic heterocycles. The van der Waals surface area contributed by atoms with Crippen LogP contribution < -0.4 is 4.90 Å². The minimum Gasteiger partial charge on any atom is -0.481 e. The predicted molar refractivity (Wildman–Crippen MR) is 100 cm³/mol. The molecule has 3 rings (SSSR count). The van der Waals surface area contributed by atoms with E-state index in [1.807, 2.05) is 12.1 Å². The van der Waals surface area contributed by atoms with Gasteiger partial charge in [-0.15, -0.1) is 6.58 Å². The highest BCUT2D eigenvalue weighted by atomic mass is 32.2. The molecule has 0 spiro atoms. The fourth-order valence-electron chi connectivity index (χ4n) is 2.76. The normalized spacial score (nSPS) is 19.6. The van der Waals surface area contributed by atoms with Crippen LogP contribution in [0, 0.1) is 0 Å². The number of hydrogen-bond acceptors (Lipinski definition) is 5. The number of carboxylic acid groups (broad SMARTS) is 1. The maximum absolute atomic E-state index is 12.9. The van der Waals surface area contributed by atoms with E-state index >= 15 is 0 Å². The Balaban J connectivity index is 2.04. The van der Waals surface area contributed by atoms with Crippen molar-refractivity contribution in [1.82, 2.24) is 4.90 Å². The van der Waals surface area contributed by atoms with Gasteiger partial charge in [0.1, 0.15) is 4.32 Å². The fraction of sp³-hybridized carbons (Fsp3) is 0.176. The topological polar surface area (TPSA) is 77.9 Å². The van der Waals surface area contributed by atoms with Crippen molar-refractivity contribution in [2.75, 3.05) is 18.0 Å². The molecule has 128 valence electrons. The Morgan fingerprint density at radius 1 is 1.24 bits per heavy atom. The number of anilines is 1. The maximum atomic E-state index is 12.9. The van der Waals surface area contributed by atoms with Gasteiger partial charge in [-0.3, -0.25) is 19.3 Å². The molecule has 2 aliphatic rings. The molecule has 8 heteroatoms. The van der Waals surface area contributed by atoms with Crippen LogP contribution in [0.5, 0.6) is 0 Å². The zero-order valence-electron chi connectivity index (χ0n) is 13.1. The second-order valence-corrected chi connectivity index (χ2v) is 7.04. The van der Waals surface area contributed by atoms with E-state index in [1.165, 1.54) is 4.90 Å². The van der Waals surface area contributed by atoms with Crippen LogP contribution in [0.4, 0.5) is 5.69 Å². The molecule has 1 N–H and O–H groups in total. The SMILES string of the molecule is C=CCN1C(=O)C(=C2SC(=S)N(CCC(=O)O)C2=O)c2ccccc21. The van der Waals surface area contributed by atoms with Gasteiger partial charge < -0.3 is 10.0 Å². The predicted octanol–water partition coefficient (Wildman–Crippen LogP) is 2.27. The van der Waals surface area contributed by atoms with Crippen LogP contribution in [0.1, 0.15) is 12.0 Å². The van der Waals surface area contributed by atoms with Crippen molar-refractivity contribution < 1.29 is 19.5 Å². The van der Waals surface area contributed by atoms with Gasteiger partial charge in [0, 0.05) is 18.7 Å². The average Bonchev–Trinajstić information content (AvgIpc) is 3.00. The monoisotopic (exact) mass is 374 g/mol. The molecule has 0 atom stereocenters. The van der Waals surface area contributed by atoms with Gasteiger partial charge in [-0.1, -0.05) is 48.3 Å². The molecule has 0 bridgehead atoms. The van der Waals surface area contributed by atoms with Crippen molar-refractivity contribution >= 4 is 57.3 Å². The van der Waals surface area contributed by atoms with E-state index in [2.05, 4.69) is 6.58 Å². The lowest BCUT2D eigenvalue weighted by atomic mass is 10.1. The quantitative estimate of drug-likeness (QED) is 0.484. The number of aliphatic carboxylic acids is 1. The minimum absolute atomic E-state index is 0.0109. The summed E-state index contributed by atoms with van der Waals surface area (Å²) in [5, 5.41) is 8.82. The zero-order valence-corrected chi connectivity index (χ0v) is 14.7. The van der Waals surface area contributed by atoms with E-state index < -0.39 is 11.9 Å². The van der Waals surface area contributed by atoms with Gasteiger partial charge in [-0.2, -0.15) is 0 Å². The number of carboxylic acids is 1. The smallest absolute Gasteiger partial charge is 0.305 e. The first kappa shape index (κ1) is 17.4. The molecule has 6 nitrogen and oxygen atoms in total. The third-order valence-electron chi connectivity index (χ3n) is 3.86. The van der Waals surface area contributed by atoms with Gasteiger partial charge in [0.25, 0.3) is 11.8 Å². The zero-order chi connectivity index (χ0) is 18.1. The summed E-state index contributed by atoms with van der Waals surface area (Å²) >= 11 is 6.24. The van der Waals surface area contributed by atoms with E-state index in [4.69, 9.17) is 17.3 Å². The lowest BCUT2D eigenvalue weighted by Crippen LogP contribution is -2.31. The molecule has 2 aliphatic heterocycles. The molecule has 0 unspecified atom stereocenters. The molecule has 1 fully saturated rings. The fourth-order valence-corrected chi connectivity index (χ4v) is 4.14. The van der Waals surface area contributed by atoms with Crippen molar-refractivity contribution in [3.8, 4) is 0 Å². The number of rotatable bonds is 5. The van der Waals surface area contributed by atoms with Crippen LogP contribution in [0.3, 0.4) is 0 Å². The van der Waals surface area contributed by atoms with Crippen molar-refractivity contribution in [1.29, 1.82) is 0 Å². The minimum atomic E-state index is -1.01. The largest absolute Gasteiger partial charge is 0.481 e. The molecule has 1 aromatic rings. The number of carbonyl (C=O) groups excluding carboxylic acids is 2. The number of benzene rings is 1. The van der Waals surface area contributed by atoms with E-state index in [0.717, 1.165) is 17.4 Å². The average molecular weight is 374 g/mol. The molecule has 1 aromatic carbocycles. The van der Waals surface area contributed by atoms with Crippen LogP contribution in [0.25, 0.3) is 5.57 Å². The van der Waals surface area contributed by atoms with Crippen LogP contribution in [0.15, 0.2) is 41.8 Å². The highest BCUT2D eigenvalue weighted by molar-refractivity contribution is 8.26. The van der Waals surface area contributed by atoms with Gasteiger partial charge >= 0.3 is 5.97 Å². The molecule has 0 aliphatic carbocycles. The lowest BCUT2D eigenvalue weighted by molar-refractivity contribution is -0.137. The number of thioether (sulfide) groups is 1. The summed E-state index contributed by atoms with van der Waals surface area (Å²) < 4.78 is 0.265. The molecule has 2 amide bonds. The van der Waals surface area contributed by atoms with Crippen molar-refractivity contribution in [2.24, 2.45) is 0 Å². The number of fused-ring (bicyclic) bond motifs is 1. The second-order valence-electron chi connectivity index (χ2n) is 5.39. The Labute approximate surface area is 153 Å². The van der Waals surface area contributed by atoms with Crippen molar-refractivity contribution in [3.05, 3.63) is 47.4 Å². The summed E-state index contributed by atoms with van der Waals surface area (Å²) in [6.07, 6.45) is 1.41. The summed E-state index contributed by atoms with van der Waals surface area (Å²) in [4.78, 5) is 39.4. The summed E-state index contributed by atoms with van der Waals surface area (Å²) in [5.41, 5.74) is 1.71. The number of hydrogen-bond donors (Lipinski definition) is 1. The molecule has 0 radical (unpaired) electrons. The first-order valence-electron chi connectivity index (χ1n) is 7.47. The Kier molecular flexibility index (Phi) is 4.73. The maximum Gasteiger partial charge on any atom is 0.305 e. The molecular formula is C17H14N2O4S2. The molecule has 0 saturated carbocycles. The van der Waals surface area contributed by atoms with Gasteiger partial charge in [-0.25, -0.2) is 0 Å². The van der Waals surface area contributed by atoms with Crippen LogP contribution in [-0.4, -0.2) is 45.2 Å². The molecule has 1 saturated heterocycles. The number of nitrogens with zero attached hydrogens (tertiary/aromatic N) is 2. The molecule has 2 heterocycles. The number of para-hydroxylation sites is 1. The first-order chi connectivity index (χ1) is 12.0. The van der Waals surface area contributed by atoms with Crippen molar-refractivity contribution in [2.45, 2.75) is 6.42 Å². The van der Waals surface area contributed by atoms with Crippen LogP contribution in [0.2, 0.25) is 0 Å². The summed E-state index contributed by atoms with van der Waals surface area (Å²) in [6.45, 7) is 3.99.